The number of carbonyl (C=O) groups is 4. The van der Waals surface area contributed by atoms with Gasteiger partial charge in [0.1, 0.15) is 0 Å². The average Bonchev–Trinajstić information content (AvgIpc) is 2.93. The molecule has 0 radical (unpaired) electrons. The van der Waals surface area contributed by atoms with Gasteiger partial charge in [-0.1, -0.05) is 36.8 Å². The van der Waals surface area contributed by atoms with Crippen LogP contribution in [0.5, 0.6) is 0 Å². The van der Waals surface area contributed by atoms with Gasteiger partial charge >= 0.3 is 0 Å². The van der Waals surface area contributed by atoms with Crippen molar-refractivity contribution in [3.63, 3.8) is 0 Å². The molecule has 134 valence electrons. The largest absolute Gasteiger partial charge is 0.321 e. The van der Waals surface area contributed by atoms with Crippen LogP contribution in [0.3, 0.4) is 0 Å². The number of nitrogens with two attached hydrogens (primary N) is 1. The number of imide groups is 1. The predicted molar refractivity (Wildman–Crippen MR) is 92.6 cm³/mol. The van der Waals surface area contributed by atoms with E-state index in [1.807, 2.05) is 30.3 Å². The quantitative estimate of drug-likeness (QED) is 0.393. The van der Waals surface area contributed by atoms with Crippen LogP contribution in [0.1, 0.15) is 44.1 Å². The minimum absolute atomic E-state index is 0.122. The molecule has 2 amide bonds. The van der Waals surface area contributed by atoms with Crippen LogP contribution in [0.4, 0.5) is 0 Å². The molecule has 1 aliphatic heterocycles. The smallest absolute Gasteiger partial charge is 0.229 e. The second kappa shape index (κ2) is 9.22. The van der Waals surface area contributed by atoms with Crippen molar-refractivity contribution >= 4 is 23.4 Å². The Balaban J connectivity index is 1.65. The number of likely N-dealkylation sites (tertiary alicyclic amines) is 1. The highest BCUT2D eigenvalue weighted by atomic mass is 16.2. The first-order valence-electron chi connectivity index (χ1n) is 8.69. The van der Waals surface area contributed by atoms with Crippen molar-refractivity contribution in [1.29, 1.82) is 0 Å². The molecule has 2 N–H and O–H groups in total. The van der Waals surface area contributed by atoms with Gasteiger partial charge in [0.15, 0.2) is 5.78 Å². The number of rotatable bonds is 10. The van der Waals surface area contributed by atoms with Gasteiger partial charge < -0.3 is 5.73 Å². The molecule has 0 aromatic heterocycles. The standard InChI is InChI=1S/C19H24N2O4/c20-15(13-14-7-3-1-4-8-14)19(25)16(22)9-5-2-6-12-21-17(23)10-11-18(21)24/h1,3-4,7-8,15H,2,5-6,9-13,20H2/t15-/m0/s1. The summed E-state index contributed by atoms with van der Waals surface area (Å²) in [7, 11) is 0. The molecule has 1 aliphatic rings. The Morgan fingerprint density at radius 2 is 1.64 bits per heavy atom. The fourth-order valence-corrected chi connectivity index (χ4v) is 2.90. The molecule has 6 heteroatoms. The van der Waals surface area contributed by atoms with Crippen LogP contribution in [0.25, 0.3) is 0 Å². The van der Waals surface area contributed by atoms with Crippen molar-refractivity contribution in [2.45, 2.75) is 51.0 Å². The van der Waals surface area contributed by atoms with E-state index in [4.69, 9.17) is 5.73 Å². The number of Topliss-reactive ketones (excluding diaryl/α,β-unsaturated/α-hetero) is 2. The summed E-state index contributed by atoms with van der Waals surface area (Å²) in [5.74, 6) is -1.23. The first kappa shape index (κ1) is 19.0. The molecule has 0 saturated carbocycles. The lowest BCUT2D eigenvalue weighted by atomic mass is 9.98. The van der Waals surface area contributed by atoms with Crippen LogP contribution in [-0.2, 0) is 25.6 Å². The third kappa shape index (κ3) is 5.60. The average molecular weight is 344 g/mol. The summed E-state index contributed by atoms with van der Waals surface area (Å²) >= 11 is 0. The Bertz CT molecular complexity index is 626. The summed E-state index contributed by atoms with van der Waals surface area (Å²) in [6, 6.07) is 8.55. The first-order valence-corrected chi connectivity index (χ1v) is 8.69. The molecular weight excluding hydrogens is 320 g/mol. The number of carbonyl (C=O) groups excluding carboxylic acids is 4. The van der Waals surface area contributed by atoms with E-state index in [0.29, 0.717) is 45.1 Å². The third-order valence-electron chi connectivity index (χ3n) is 4.35. The molecule has 1 atom stereocenters. The number of amides is 2. The van der Waals surface area contributed by atoms with Crippen LogP contribution in [-0.4, -0.2) is 40.9 Å². The van der Waals surface area contributed by atoms with Crippen molar-refractivity contribution in [1.82, 2.24) is 4.90 Å². The lowest BCUT2D eigenvalue weighted by Crippen LogP contribution is -2.37. The van der Waals surface area contributed by atoms with Gasteiger partial charge in [0.05, 0.1) is 6.04 Å². The summed E-state index contributed by atoms with van der Waals surface area (Å²) in [5.41, 5.74) is 6.77. The van der Waals surface area contributed by atoms with E-state index in [1.165, 1.54) is 4.90 Å². The summed E-state index contributed by atoms with van der Waals surface area (Å²) in [5, 5.41) is 0. The molecule has 0 bridgehead atoms. The minimum atomic E-state index is -0.810. The van der Waals surface area contributed by atoms with Crippen LogP contribution < -0.4 is 5.73 Å². The van der Waals surface area contributed by atoms with Crippen molar-refractivity contribution < 1.29 is 19.2 Å². The number of nitrogens with zero attached hydrogens (tertiary/aromatic N) is 1. The Labute approximate surface area is 147 Å². The van der Waals surface area contributed by atoms with E-state index < -0.39 is 17.6 Å². The predicted octanol–water partition coefficient (Wildman–Crippen LogP) is 1.40. The Morgan fingerprint density at radius 1 is 1.00 bits per heavy atom. The SMILES string of the molecule is N[C@@H](Cc1ccccc1)C(=O)C(=O)CCCCCN1C(=O)CCC1=O. The fourth-order valence-electron chi connectivity index (χ4n) is 2.90. The molecule has 1 aromatic rings. The molecule has 0 spiro atoms. The van der Waals surface area contributed by atoms with Crippen LogP contribution in [0.15, 0.2) is 30.3 Å². The highest BCUT2D eigenvalue weighted by Gasteiger charge is 2.28. The number of hydrogen-bond donors (Lipinski definition) is 1. The van der Waals surface area contributed by atoms with Crippen molar-refractivity contribution in [2.24, 2.45) is 5.73 Å². The van der Waals surface area contributed by atoms with Gasteiger partial charge in [-0.05, 0) is 24.8 Å². The van der Waals surface area contributed by atoms with Gasteiger partial charge in [0.25, 0.3) is 0 Å². The van der Waals surface area contributed by atoms with Crippen molar-refractivity contribution in [2.75, 3.05) is 6.54 Å². The fraction of sp³-hybridized carbons (Fsp3) is 0.474. The summed E-state index contributed by atoms with van der Waals surface area (Å²) < 4.78 is 0. The molecule has 1 saturated heterocycles. The number of hydrogen-bond acceptors (Lipinski definition) is 5. The van der Waals surface area contributed by atoms with E-state index in [1.54, 1.807) is 0 Å². The zero-order valence-corrected chi connectivity index (χ0v) is 14.3. The molecule has 1 aromatic carbocycles. The first-order chi connectivity index (χ1) is 12.0. The van der Waals surface area contributed by atoms with Crippen LogP contribution in [0, 0.1) is 0 Å². The van der Waals surface area contributed by atoms with Crippen LogP contribution in [0.2, 0.25) is 0 Å². The second-order valence-electron chi connectivity index (χ2n) is 6.33. The minimum Gasteiger partial charge on any atom is -0.321 e. The Morgan fingerprint density at radius 3 is 2.28 bits per heavy atom. The lowest BCUT2D eigenvalue weighted by Gasteiger charge is -2.13. The summed E-state index contributed by atoms with van der Waals surface area (Å²) in [4.78, 5) is 48.2. The molecule has 1 heterocycles. The van der Waals surface area contributed by atoms with Gasteiger partial charge in [-0.15, -0.1) is 0 Å². The maximum Gasteiger partial charge on any atom is 0.229 e. The molecule has 2 rings (SSSR count). The van der Waals surface area contributed by atoms with Crippen LogP contribution >= 0.6 is 0 Å². The van der Waals surface area contributed by atoms with Gasteiger partial charge in [0, 0.05) is 25.8 Å². The normalized spacial score (nSPS) is 15.5. The third-order valence-corrected chi connectivity index (χ3v) is 4.35. The highest BCUT2D eigenvalue weighted by Crippen LogP contribution is 2.13. The maximum absolute atomic E-state index is 12.0. The molecule has 1 fully saturated rings. The maximum atomic E-state index is 12.0. The van der Waals surface area contributed by atoms with E-state index in [-0.39, 0.29) is 18.2 Å². The monoisotopic (exact) mass is 344 g/mol. The van der Waals surface area contributed by atoms with Gasteiger partial charge in [-0.2, -0.15) is 0 Å². The number of benzene rings is 1. The number of unbranched alkanes of at least 4 members (excludes halogenated alkanes) is 2. The topological polar surface area (TPSA) is 97.5 Å². The highest BCUT2D eigenvalue weighted by molar-refractivity contribution is 6.39. The van der Waals surface area contributed by atoms with E-state index >= 15 is 0 Å². The van der Waals surface area contributed by atoms with Crippen molar-refractivity contribution in [3.05, 3.63) is 35.9 Å². The molecule has 0 unspecified atom stereocenters. The zero-order valence-electron chi connectivity index (χ0n) is 14.3. The zero-order chi connectivity index (χ0) is 18.2. The molecular formula is C19H24N2O4. The number of ketones is 2. The molecule has 6 nitrogen and oxygen atoms in total. The summed E-state index contributed by atoms with van der Waals surface area (Å²) in [6.07, 6.45) is 2.99. The van der Waals surface area contributed by atoms with E-state index in [9.17, 15) is 19.2 Å². The molecule has 25 heavy (non-hydrogen) atoms. The van der Waals surface area contributed by atoms with E-state index in [2.05, 4.69) is 0 Å². The lowest BCUT2D eigenvalue weighted by molar-refractivity contribution is -0.138. The van der Waals surface area contributed by atoms with Crippen molar-refractivity contribution in [3.8, 4) is 0 Å². The second-order valence-corrected chi connectivity index (χ2v) is 6.33. The van der Waals surface area contributed by atoms with Gasteiger partial charge in [-0.25, -0.2) is 0 Å². The van der Waals surface area contributed by atoms with Gasteiger partial charge in [-0.3, -0.25) is 24.1 Å². The molecule has 0 aliphatic carbocycles. The van der Waals surface area contributed by atoms with Gasteiger partial charge in [0.2, 0.25) is 17.6 Å². The Hall–Kier alpha value is -2.34. The summed E-state index contributed by atoms with van der Waals surface area (Å²) in [6.45, 7) is 0.396. The Kier molecular flexibility index (Phi) is 7.01. The van der Waals surface area contributed by atoms with E-state index in [0.717, 1.165) is 5.56 Å².